The van der Waals surface area contributed by atoms with Crippen molar-refractivity contribution < 1.29 is 18.4 Å². The summed E-state index contributed by atoms with van der Waals surface area (Å²) in [6, 6.07) is 5.75. The van der Waals surface area contributed by atoms with E-state index in [0.29, 0.717) is 6.61 Å². The van der Waals surface area contributed by atoms with Crippen LogP contribution in [0, 0.1) is 0 Å². The van der Waals surface area contributed by atoms with Crippen molar-refractivity contribution in [3.8, 4) is 11.5 Å². The van der Waals surface area contributed by atoms with Crippen molar-refractivity contribution >= 4 is 28.7 Å². The highest BCUT2D eigenvalue weighted by molar-refractivity contribution is 6.71. The molecule has 1 rings (SSSR count). The third-order valence-electron chi connectivity index (χ3n) is 2.50. The maximum atomic E-state index is 11.4. The van der Waals surface area contributed by atoms with Gasteiger partial charge in [0.15, 0.2) is 0 Å². The Morgan fingerprint density at radius 2 is 1.57 bits per heavy atom. The van der Waals surface area contributed by atoms with Crippen LogP contribution in [0.3, 0.4) is 0 Å². The fraction of sp³-hybridized carbons (Fsp3) is 0.471. The van der Waals surface area contributed by atoms with Crippen molar-refractivity contribution in [3.05, 3.63) is 29.8 Å². The summed E-state index contributed by atoms with van der Waals surface area (Å²) >= 11 is 0. The third-order valence-corrected chi connectivity index (χ3v) is 4.16. The topological polar surface area (TPSA) is 44.8 Å². The maximum absolute atomic E-state index is 11.4. The maximum Gasteiger partial charge on any atom is 0.330 e. The minimum Gasteiger partial charge on any atom is -0.542 e. The number of carbonyl (C=O) groups is 1. The van der Waals surface area contributed by atoms with Crippen LogP contribution in [0.5, 0.6) is 11.5 Å². The molecule has 0 spiro atoms. The number of hydrogen-bond donors (Lipinski definition) is 0. The highest BCUT2D eigenvalue weighted by Gasteiger charge is 2.22. The number of ether oxygens (including phenoxy) is 1. The Hall–Kier alpha value is -1.54. The molecule has 0 bridgehead atoms. The molecule has 0 saturated heterocycles. The van der Waals surface area contributed by atoms with E-state index in [1.165, 1.54) is 6.08 Å². The zero-order valence-electron chi connectivity index (χ0n) is 15.2. The Labute approximate surface area is 141 Å². The molecule has 0 aliphatic heterocycles. The summed E-state index contributed by atoms with van der Waals surface area (Å²) in [7, 11) is -3.49. The zero-order valence-corrected chi connectivity index (χ0v) is 17.2. The average molecular weight is 353 g/mol. The van der Waals surface area contributed by atoms with E-state index < -0.39 is 16.6 Å². The normalized spacial score (nSPS) is 12.3. The van der Waals surface area contributed by atoms with E-state index in [-0.39, 0.29) is 5.97 Å². The summed E-state index contributed by atoms with van der Waals surface area (Å²) < 4.78 is 17.2. The molecule has 4 nitrogen and oxygen atoms in total. The molecule has 0 fully saturated rings. The van der Waals surface area contributed by atoms with Gasteiger partial charge in [-0.2, -0.15) is 0 Å². The van der Waals surface area contributed by atoms with Crippen molar-refractivity contribution in [2.45, 2.75) is 46.2 Å². The summed E-state index contributed by atoms with van der Waals surface area (Å²) in [6.45, 7) is 15.0. The van der Waals surface area contributed by atoms with Crippen LogP contribution in [0.4, 0.5) is 0 Å². The van der Waals surface area contributed by atoms with E-state index in [1.54, 1.807) is 13.0 Å². The molecule has 0 N–H and O–H groups in total. The van der Waals surface area contributed by atoms with Crippen LogP contribution in [0.1, 0.15) is 12.5 Å². The molecule has 0 aliphatic rings. The second kappa shape index (κ2) is 7.83. The second-order valence-corrected chi connectivity index (χ2v) is 16.1. The quantitative estimate of drug-likeness (QED) is 0.406. The molecule has 1 aromatic carbocycles. The van der Waals surface area contributed by atoms with Gasteiger partial charge in [-0.1, -0.05) is 6.07 Å². The molecule has 0 unspecified atom stereocenters. The van der Waals surface area contributed by atoms with Gasteiger partial charge in [-0.05, 0) is 70.0 Å². The molecule has 23 heavy (non-hydrogen) atoms. The lowest BCUT2D eigenvalue weighted by Crippen LogP contribution is -2.32. The lowest BCUT2D eigenvalue weighted by atomic mass is 10.2. The summed E-state index contributed by atoms with van der Waals surface area (Å²) in [5.41, 5.74) is 0.884. The van der Waals surface area contributed by atoms with Gasteiger partial charge in [-0.3, -0.25) is 0 Å². The molecular weight excluding hydrogens is 324 g/mol. The second-order valence-electron chi connectivity index (χ2n) is 7.22. The number of hydrogen-bond acceptors (Lipinski definition) is 4. The van der Waals surface area contributed by atoms with E-state index in [4.69, 9.17) is 13.6 Å². The highest BCUT2D eigenvalue weighted by atomic mass is 28.4. The lowest BCUT2D eigenvalue weighted by Gasteiger charge is -2.26. The predicted octanol–water partition coefficient (Wildman–Crippen LogP) is 4.69. The minimum absolute atomic E-state index is 0.345. The van der Waals surface area contributed by atoms with Gasteiger partial charge in [0.2, 0.25) is 16.6 Å². The van der Waals surface area contributed by atoms with Gasteiger partial charge in [-0.25, -0.2) is 4.79 Å². The first kappa shape index (κ1) is 19.5. The third kappa shape index (κ3) is 8.04. The van der Waals surface area contributed by atoms with Crippen molar-refractivity contribution in [1.82, 2.24) is 0 Å². The minimum atomic E-state index is -1.77. The molecule has 0 atom stereocenters. The van der Waals surface area contributed by atoms with Gasteiger partial charge in [0.05, 0.1) is 6.61 Å². The molecule has 6 heteroatoms. The van der Waals surface area contributed by atoms with Crippen LogP contribution in [0.15, 0.2) is 24.3 Å². The Bertz CT molecular complexity index is 569. The van der Waals surface area contributed by atoms with Crippen LogP contribution in [-0.2, 0) is 9.53 Å². The monoisotopic (exact) mass is 352 g/mol. The van der Waals surface area contributed by atoms with Crippen LogP contribution in [-0.4, -0.2) is 29.2 Å². The molecule has 128 valence electrons. The van der Waals surface area contributed by atoms with Crippen LogP contribution in [0.25, 0.3) is 6.08 Å². The summed E-state index contributed by atoms with van der Waals surface area (Å²) in [4.78, 5) is 11.4. The Balaban J connectivity index is 3.08. The van der Waals surface area contributed by atoms with Crippen LogP contribution < -0.4 is 8.85 Å². The van der Waals surface area contributed by atoms with Crippen molar-refractivity contribution in [2.75, 3.05) is 6.61 Å². The Morgan fingerprint density at radius 3 is 2.09 bits per heavy atom. The van der Waals surface area contributed by atoms with E-state index in [2.05, 4.69) is 39.3 Å². The molecule has 0 amide bonds. The van der Waals surface area contributed by atoms with E-state index in [0.717, 1.165) is 17.1 Å². The standard InChI is InChI=1S/C17H28O4Si2/c1-8-19-17(18)12-10-14-9-11-15(20-22(2,3)4)16(13-14)21-23(5,6)7/h9-13H,8H2,1-7H3/b12-10+. The molecule has 0 aromatic heterocycles. The summed E-state index contributed by atoms with van der Waals surface area (Å²) in [5.74, 6) is 1.18. The molecule has 0 aliphatic carbocycles. The number of carbonyl (C=O) groups excluding carboxylic acids is 1. The van der Waals surface area contributed by atoms with Gasteiger partial charge in [-0.15, -0.1) is 0 Å². The van der Waals surface area contributed by atoms with Gasteiger partial charge in [0, 0.05) is 6.08 Å². The van der Waals surface area contributed by atoms with Gasteiger partial charge in [0.25, 0.3) is 0 Å². The first-order valence-corrected chi connectivity index (χ1v) is 14.7. The molecule has 0 radical (unpaired) electrons. The zero-order chi connectivity index (χ0) is 17.7. The smallest absolute Gasteiger partial charge is 0.330 e. The predicted molar refractivity (Wildman–Crippen MR) is 100 cm³/mol. The fourth-order valence-corrected chi connectivity index (χ4v) is 3.45. The van der Waals surface area contributed by atoms with Gasteiger partial charge < -0.3 is 13.6 Å². The van der Waals surface area contributed by atoms with E-state index in [1.807, 2.05) is 18.2 Å². The van der Waals surface area contributed by atoms with Crippen LogP contribution in [0.2, 0.25) is 39.3 Å². The number of rotatable bonds is 7. The van der Waals surface area contributed by atoms with Gasteiger partial charge in [0.1, 0.15) is 11.5 Å². The van der Waals surface area contributed by atoms with Crippen molar-refractivity contribution in [1.29, 1.82) is 0 Å². The Kier molecular flexibility index (Phi) is 6.64. The highest BCUT2D eigenvalue weighted by Crippen LogP contribution is 2.33. The van der Waals surface area contributed by atoms with Gasteiger partial charge >= 0.3 is 5.97 Å². The first-order chi connectivity index (χ1) is 10.5. The van der Waals surface area contributed by atoms with Crippen LogP contribution >= 0.6 is 0 Å². The largest absolute Gasteiger partial charge is 0.542 e. The fourth-order valence-electron chi connectivity index (χ4n) is 1.81. The van der Waals surface area contributed by atoms with Crippen molar-refractivity contribution in [3.63, 3.8) is 0 Å². The summed E-state index contributed by atoms with van der Waals surface area (Å²) in [6.07, 6.45) is 3.16. The van der Waals surface area contributed by atoms with E-state index >= 15 is 0 Å². The van der Waals surface area contributed by atoms with E-state index in [9.17, 15) is 4.79 Å². The lowest BCUT2D eigenvalue weighted by molar-refractivity contribution is -0.137. The average Bonchev–Trinajstić information content (AvgIpc) is 2.36. The number of esters is 1. The van der Waals surface area contributed by atoms with Crippen molar-refractivity contribution in [2.24, 2.45) is 0 Å². The first-order valence-electron chi connectivity index (χ1n) is 7.87. The SMILES string of the molecule is CCOC(=O)/C=C/c1ccc(O[Si](C)(C)C)c(O[Si](C)(C)C)c1. The molecular formula is C17H28O4Si2. The summed E-state index contributed by atoms with van der Waals surface area (Å²) in [5, 5.41) is 0. The molecule has 0 saturated carbocycles. The number of benzene rings is 1. The Morgan fingerprint density at radius 1 is 1.00 bits per heavy atom. The molecule has 1 aromatic rings. The molecule has 0 heterocycles.